The number of nitrogens with one attached hydrogen (secondary N) is 9. The van der Waals surface area contributed by atoms with Crippen molar-refractivity contribution in [1.82, 2.24) is 31.9 Å². The average molecular weight is 1700 g/mol. The summed E-state index contributed by atoms with van der Waals surface area (Å²) >= 11 is 37.3. The third-order valence-electron chi connectivity index (χ3n) is 22.1. The zero-order valence-electron chi connectivity index (χ0n) is 64.7. The number of halogens is 9. The predicted octanol–water partition coefficient (Wildman–Crippen LogP) is 12.2. The molecule has 3 fully saturated rings. The molecular formula is C83H98Cl6F3N9O13. The number of hydrogen-bond donors (Lipinski definition) is 14. The third kappa shape index (κ3) is 18.5. The van der Waals surface area contributed by atoms with E-state index in [1.807, 2.05) is 53.7 Å². The first-order valence-electron chi connectivity index (χ1n) is 37.7. The van der Waals surface area contributed by atoms with Crippen molar-refractivity contribution in [3.8, 4) is 0 Å². The van der Waals surface area contributed by atoms with Gasteiger partial charge in [0.05, 0.1) is 45.9 Å². The van der Waals surface area contributed by atoms with Crippen LogP contribution in [-0.4, -0.2) is 162 Å². The zero-order chi connectivity index (χ0) is 83.6. The Balaban J connectivity index is 0.000000181. The number of ether oxygens (including phenoxy) is 1. The summed E-state index contributed by atoms with van der Waals surface area (Å²) in [5, 5.41) is 75.8. The molecule has 6 aromatic carbocycles. The van der Waals surface area contributed by atoms with Gasteiger partial charge in [-0.05, 0) is 155 Å². The van der Waals surface area contributed by atoms with Gasteiger partial charge in [-0.1, -0.05) is 168 Å². The molecule has 0 saturated carbocycles. The lowest BCUT2D eigenvalue weighted by atomic mass is 9.62. The number of hydrogen-bond acceptors (Lipinski definition) is 15. The van der Waals surface area contributed by atoms with Gasteiger partial charge in [-0.2, -0.15) is 0 Å². The molecule has 616 valence electrons. The molecule has 22 nitrogen and oxygen atoms in total. The number of aliphatic hydroxyl groups excluding tert-OH is 4. The summed E-state index contributed by atoms with van der Waals surface area (Å²) in [5.41, 5.74) is -0.284. The van der Waals surface area contributed by atoms with E-state index >= 15 is 0 Å². The molecule has 3 saturated heterocycles. The molecule has 6 amide bonds. The van der Waals surface area contributed by atoms with E-state index in [0.29, 0.717) is 97.6 Å². The molecule has 0 bridgehead atoms. The van der Waals surface area contributed by atoms with Gasteiger partial charge in [-0.3, -0.25) is 28.8 Å². The Kier molecular flexibility index (Phi) is 28.1. The minimum Gasteiger partial charge on any atom is -0.479 e. The van der Waals surface area contributed by atoms with Crippen LogP contribution in [0.15, 0.2) is 109 Å². The standard InChI is InChI=1S/2C28H34Cl2FN3O4.C27H30Cl2FN3O5/c1-27(2,3)13-22-28(18-11-20(31)19(30)12-21(18)33-26(28)37)23(15-6-5-7-16(29)10-15)24(34-22)25(36)32-9-8-17(35)14-38-4;1-27(2,3)12-22-28(18-10-20(31)19(30)11-21(18)33-26(28)38)23(16-5-4-6-17(29)9-16)24(34-22)25(37)32-8-7-15(13-35)14-36;1-26(2,3)12-20-27(15-10-17(30)16(29)11-18(15)32-25(27)38)21(13-5-4-6-14(28)9-13)22(33-20)23(35)31-8-7-19(34)24(36)37/h5-7,10-12,17,22-24,34-35H,8-9,13-14H2,1-4H3,(H,32,36)(H,33,37);4-6,9-11,15,22-24,34-36H,7-8,12-14H2,1-3H3,(H,32,37)(H,33,38);4-6,9-11,19-22,33-34H,7-8,12H2,1-3H3,(H,31,35)(H,32,38)(H,36,37). The van der Waals surface area contributed by atoms with Crippen LogP contribution in [0.25, 0.3) is 0 Å². The quantitative estimate of drug-likeness (QED) is 0.0283. The number of carboxylic acid groups (broad SMARTS) is 1. The van der Waals surface area contributed by atoms with E-state index in [1.165, 1.54) is 43.5 Å². The summed E-state index contributed by atoms with van der Waals surface area (Å²) in [6, 6.07) is 24.8. The number of fused-ring (bicyclic) bond motifs is 6. The maximum atomic E-state index is 14.9. The molecule has 31 heteroatoms. The first kappa shape index (κ1) is 89.2. The Labute approximate surface area is 690 Å². The second kappa shape index (κ2) is 36.0. The molecule has 14 N–H and O–H groups in total. The molecule has 6 aliphatic heterocycles. The summed E-state index contributed by atoms with van der Waals surface area (Å²) < 4.78 is 49.7. The van der Waals surface area contributed by atoms with E-state index in [0.717, 1.165) is 0 Å². The number of carbonyl (C=O) groups is 7. The Morgan fingerprint density at radius 3 is 1.04 bits per heavy atom. The lowest BCUT2D eigenvalue weighted by molar-refractivity contribution is -0.147. The van der Waals surface area contributed by atoms with Crippen LogP contribution in [0.2, 0.25) is 30.1 Å². The first-order chi connectivity index (χ1) is 53.5. The number of carbonyl (C=O) groups excluding carboxylic acids is 6. The topological polar surface area (TPSA) is 338 Å². The van der Waals surface area contributed by atoms with E-state index in [1.54, 1.807) is 60.7 Å². The van der Waals surface area contributed by atoms with Crippen molar-refractivity contribution in [1.29, 1.82) is 0 Å². The van der Waals surface area contributed by atoms with Crippen LogP contribution < -0.4 is 47.9 Å². The number of amides is 6. The van der Waals surface area contributed by atoms with Gasteiger partial charge < -0.3 is 78.1 Å². The highest BCUT2D eigenvalue weighted by molar-refractivity contribution is 6.33. The molecule has 0 aliphatic carbocycles. The van der Waals surface area contributed by atoms with Gasteiger partial charge in [-0.15, -0.1) is 0 Å². The van der Waals surface area contributed by atoms with Crippen molar-refractivity contribution < 1.29 is 77.0 Å². The fourth-order valence-electron chi connectivity index (χ4n) is 17.5. The van der Waals surface area contributed by atoms with Gasteiger partial charge >= 0.3 is 5.97 Å². The van der Waals surface area contributed by atoms with Gasteiger partial charge in [0.1, 0.15) is 33.7 Å². The minimum atomic E-state index is -1.63. The maximum absolute atomic E-state index is 14.9. The average Bonchev–Trinajstić information content (AvgIpc) is 1.53. The van der Waals surface area contributed by atoms with Crippen molar-refractivity contribution in [2.24, 2.45) is 22.2 Å². The molecule has 6 aromatic rings. The number of carboxylic acids is 1. The van der Waals surface area contributed by atoms with E-state index in [9.17, 15) is 67.2 Å². The highest BCUT2D eigenvalue weighted by atomic mass is 35.5. The smallest absolute Gasteiger partial charge is 0.332 e. The number of aliphatic hydroxyl groups is 4. The lowest BCUT2D eigenvalue weighted by Gasteiger charge is -2.37. The Morgan fingerprint density at radius 1 is 0.474 bits per heavy atom. The second-order valence-electron chi connectivity index (χ2n) is 33.8. The van der Waals surface area contributed by atoms with Crippen LogP contribution in [0, 0.1) is 39.6 Å². The largest absolute Gasteiger partial charge is 0.479 e. The van der Waals surface area contributed by atoms with E-state index in [2.05, 4.69) is 68.6 Å². The van der Waals surface area contributed by atoms with E-state index < -0.39 is 118 Å². The van der Waals surface area contributed by atoms with Gasteiger partial charge in [0.2, 0.25) is 35.4 Å². The highest BCUT2D eigenvalue weighted by Gasteiger charge is 2.69. The molecule has 14 atom stereocenters. The molecule has 114 heavy (non-hydrogen) atoms. The van der Waals surface area contributed by atoms with Crippen molar-refractivity contribution in [3.05, 3.63) is 190 Å². The third-order valence-corrected chi connectivity index (χ3v) is 23.7. The number of rotatable bonds is 23. The van der Waals surface area contributed by atoms with Gasteiger partial charge in [0.25, 0.3) is 0 Å². The van der Waals surface area contributed by atoms with Crippen LogP contribution in [0.4, 0.5) is 30.2 Å². The number of anilines is 3. The van der Waals surface area contributed by atoms with Crippen molar-refractivity contribution in [2.75, 3.05) is 62.5 Å². The highest BCUT2D eigenvalue weighted by Crippen LogP contribution is 2.61. The first-order valence-corrected chi connectivity index (χ1v) is 39.9. The zero-order valence-corrected chi connectivity index (χ0v) is 69.2. The molecule has 12 rings (SSSR count). The Bertz CT molecular complexity index is 4620. The van der Waals surface area contributed by atoms with Crippen LogP contribution in [0.3, 0.4) is 0 Å². The Morgan fingerprint density at radius 2 is 0.772 bits per heavy atom. The lowest BCUT2D eigenvalue weighted by Crippen LogP contribution is -2.49. The summed E-state index contributed by atoms with van der Waals surface area (Å²) in [4.78, 5) is 94.1. The second-order valence-corrected chi connectivity index (χ2v) is 36.4. The van der Waals surface area contributed by atoms with E-state index in [4.69, 9.17) is 79.4 Å². The van der Waals surface area contributed by atoms with Crippen molar-refractivity contribution in [3.63, 3.8) is 0 Å². The van der Waals surface area contributed by atoms with Gasteiger partial charge in [0.15, 0.2) is 6.10 Å². The van der Waals surface area contributed by atoms with Crippen LogP contribution in [0.5, 0.6) is 0 Å². The summed E-state index contributed by atoms with van der Waals surface area (Å²) in [6.07, 6.45) is -0.354. The number of methoxy groups -OCH3 is 1. The van der Waals surface area contributed by atoms with Crippen LogP contribution >= 0.6 is 69.6 Å². The fraction of sp³-hybridized carbons (Fsp3) is 0.482. The maximum Gasteiger partial charge on any atom is 0.332 e. The summed E-state index contributed by atoms with van der Waals surface area (Å²) in [6.45, 7) is 18.4. The van der Waals surface area contributed by atoms with Crippen LogP contribution in [-0.2, 0) is 54.5 Å². The van der Waals surface area contributed by atoms with Crippen molar-refractivity contribution in [2.45, 2.75) is 183 Å². The SMILES string of the molecule is CC(C)(C)CC1NC(C(=O)NCCC(CO)CO)C(c2cccc(Cl)c2)C12C(=O)Nc1cc(Cl)c(F)cc12.CC(C)(C)CC1NC(C(=O)NCCC(O)C(=O)O)C(c2cccc(Cl)c2)C12C(=O)Nc1cc(Cl)c(F)cc12.COCC(O)CCNC(=O)C1NC(CC(C)(C)C)C2(C(=O)Nc3cc(Cl)c(F)cc32)C1c1cccc(Cl)c1. The molecule has 6 heterocycles. The molecule has 14 unspecified atom stereocenters. The normalized spacial score (nSPS) is 25.1. The van der Waals surface area contributed by atoms with Gasteiger partial charge in [-0.25, -0.2) is 18.0 Å². The summed E-state index contributed by atoms with van der Waals surface area (Å²) in [5.74, 6) is -8.15. The molecule has 0 aromatic heterocycles. The Hall–Kier alpha value is -7.18. The summed E-state index contributed by atoms with van der Waals surface area (Å²) in [7, 11) is 1.50. The molecule has 0 radical (unpaired) electrons. The van der Waals surface area contributed by atoms with Gasteiger partial charge in [0, 0.05) is 120 Å². The predicted molar refractivity (Wildman–Crippen MR) is 434 cm³/mol. The molecule has 3 spiro atoms. The number of aliphatic carboxylic acids is 1. The minimum absolute atomic E-state index is 0.0948. The van der Waals surface area contributed by atoms with Crippen LogP contribution in [0.1, 0.15) is 152 Å². The van der Waals surface area contributed by atoms with Crippen molar-refractivity contribution >= 4 is 128 Å². The molecular weight excluding hydrogens is 1600 g/mol. The molecule has 6 aliphatic rings. The number of benzene rings is 6. The monoisotopic (exact) mass is 1700 g/mol. The van der Waals surface area contributed by atoms with E-state index in [-0.39, 0.29) is 107 Å². The fourth-order valence-corrected chi connectivity index (χ4v) is 18.6.